The van der Waals surface area contributed by atoms with E-state index in [1.54, 1.807) is 4.90 Å². The van der Waals surface area contributed by atoms with Crippen LogP contribution in [-0.2, 0) is 55.4 Å². The number of imide groups is 1. The molecule has 1 atom stereocenters. The summed E-state index contributed by atoms with van der Waals surface area (Å²) in [7, 11) is -8.69. The minimum absolute atomic E-state index is 0.00438. The van der Waals surface area contributed by atoms with Gasteiger partial charge in [-0.3, -0.25) is 4.90 Å². The number of nitrogens with zero attached hydrogens (tertiary/aromatic N) is 2. The molecule has 3 aromatic rings. The van der Waals surface area contributed by atoms with Crippen LogP contribution < -0.4 is 25.8 Å². The van der Waals surface area contributed by atoms with Gasteiger partial charge in [-0.25, -0.2) is 19.3 Å². The first-order chi connectivity index (χ1) is 37.4. The molecular weight excluding hydrogens is 1050 g/mol. The first-order valence-corrected chi connectivity index (χ1v) is 34.3. The van der Waals surface area contributed by atoms with Crippen molar-refractivity contribution < 1.29 is 59.0 Å². The van der Waals surface area contributed by atoms with Crippen LogP contribution in [0.2, 0.25) is 18.1 Å². The van der Waals surface area contributed by atoms with Crippen LogP contribution in [0.15, 0.2) is 72.8 Å². The maximum absolute atomic E-state index is 14.1. The minimum atomic E-state index is -2.94. The van der Waals surface area contributed by atoms with Crippen LogP contribution in [0, 0.1) is 0 Å². The van der Waals surface area contributed by atoms with Gasteiger partial charge in [0.15, 0.2) is 0 Å². The highest BCUT2D eigenvalue weighted by Gasteiger charge is 2.42. The number of ether oxygens (including phenoxy) is 1. The Hall–Kier alpha value is -4.08. The van der Waals surface area contributed by atoms with E-state index in [0.717, 1.165) is 32.8 Å². The highest BCUT2D eigenvalue weighted by Crippen LogP contribution is 2.37. The maximum atomic E-state index is 14.1. The summed E-state index contributed by atoms with van der Waals surface area (Å²) in [6.45, 7) is 32.3. The largest absolute Gasteiger partial charge is 0.500 e. The number of nitrogens with one attached hydrogen (secondary N) is 3. The van der Waals surface area contributed by atoms with Crippen molar-refractivity contribution in [3.05, 3.63) is 95.1 Å². The Kier molecular flexibility index (Phi) is 28.1. The molecule has 4 rings (SSSR count). The van der Waals surface area contributed by atoms with E-state index in [-0.39, 0.29) is 30.6 Å². The first-order valence-electron chi connectivity index (χ1n) is 28.5. The summed E-state index contributed by atoms with van der Waals surface area (Å²) in [6, 6.07) is 24.8. The number of hydrogen-bond acceptors (Lipinski definition) is 13. The van der Waals surface area contributed by atoms with Crippen molar-refractivity contribution in [2.45, 2.75) is 144 Å². The van der Waals surface area contributed by atoms with E-state index in [0.29, 0.717) is 122 Å². The molecule has 0 spiro atoms. The van der Waals surface area contributed by atoms with E-state index in [9.17, 15) is 14.4 Å². The van der Waals surface area contributed by atoms with Crippen molar-refractivity contribution in [1.82, 2.24) is 16.0 Å². The highest BCUT2D eigenvalue weighted by molar-refractivity contribution is 6.61. The second kappa shape index (κ2) is 33.0. The van der Waals surface area contributed by atoms with Gasteiger partial charge >= 0.3 is 44.5 Å². The number of anilines is 2. The molecule has 6 amide bonds. The van der Waals surface area contributed by atoms with Gasteiger partial charge in [-0.15, -0.1) is 0 Å². The van der Waals surface area contributed by atoms with Crippen molar-refractivity contribution in [2.24, 2.45) is 0 Å². The molecule has 21 heteroatoms. The Morgan fingerprint density at radius 2 is 0.705 bits per heavy atom. The number of amides is 6. The lowest BCUT2D eigenvalue weighted by Crippen LogP contribution is -2.50. The molecule has 438 valence electrons. The van der Waals surface area contributed by atoms with Crippen molar-refractivity contribution in [1.29, 1.82) is 0 Å². The van der Waals surface area contributed by atoms with Crippen LogP contribution in [0.3, 0.4) is 0 Å². The van der Waals surface area contributed by atoms with Gasteiger partial charge in [0.1, 0.15) is 0 Å². The van der Waals surface area contributed by atoms with E-state index in [2.05, 4.69) is 80.0 Å². The number of urea groups is 3. The van der Waals surface area contributed by atoms with Crippen molar-refractivity contribution in [3.8, 4) is 0 Å². The Morgan fingerprint density at radius 3 is 0.974 bits per heavy atom. The predicted octanol–water partition coefficient (Wildman–Crippen LogP) is 10.8. The van der Waals surface area contributed by atoms with E-state index in [4.69, 9.17) is 44.6 Å². The SMILES string of the molecule is CCO[Si](CCCNC(=O)N(CC1CO1)c1ccc(C(C)(C)c2ccc(C(C)(C)c3ccc(N(C(=O)NCCC[Si](OCC)(OCC)OCC)C(=O)NCCC[Si](OCC)(OCC)OCC)cc3)cc2)cc1)(OCC)OCC. The smallest absolute Gasteiger partial charge is 0.374 e. The normalized spacial score (nSPS) is 14.0. The van der Waals surface area contributed by atoms with Crippen LogP contribution in [-0.4, -0.2) is 143 Å². The lowest BCUT2D eigenvalue weighted by molar-refractivity contribution is 0.0700. The molecule has 0 radical (unpaired) electrons. The molecule has 0 aliphatic carbocycles. The molecule has 1 aliphatic rings. The average Bonchev–Trinajstić information content (AvgIpc) is 4.25. The van der Waals surface area contributed by atoms with Gasteiger partial charge < -0.3 is 60.5 Å². The summed E-state index contributed by atoms with van der Waals surface area (Å²) in [5.74, 6) is 0. The fourth-order valence-corrected chi connectivity index (χ4v) is 17.3. The lowest BCUT2D eigenvalue weighted by Gasteiger charge is -2.30. The molecule has 1 fully saturated rings. The van der Waals surface area contributed by atoms with Crippen LogP contribution in [0.25, 0.3) is 0 Å². The zero-order valence-corrected chi connectivity index (χ0v) is 52.3. The monoisotopic (exact) mass is 1140 g/mol. The first kappa shape index (κ1) is 66.4. The van der Waals surface area contributed by atoms with Crippen LogP contribution in [0.4, 0.5) is 25.8 Å². The second-order valence-corrected chi connectivity index (χ2v) is 28.0. The van der Waals surface area contributed by atoms with Crippen LogP contribution in [0.5, 0.6) is 0 Å². The Labute approximate surface area is 470 Å². The van der Waals surface area contributed by atoms with Gasteiger partial charge in [-0.05, 0) is 128 Å². The van der Waals surface area contributed by atoms with Gasteiger partial charge in [-0.1, -0.05) is 76.2 Å². The molecule has 1 saturated heterocycles. The number of hydrogen-bond donors (Lipinski definition) is 3. The van der Waals surface area contributed by atoms with E-state index < -0.39 is 43.9 Å². The molecule has 3 aromatic carbocycles. The average molecular weight is 1140 g/mol. The van der Waals surface area contributed by atoms with E-state index in [1.807, 2.05) is 98.7 Å². The van der Waals surface area contributed by atoms with Gasteiger partial charge in [-0.2, -0.15) is 0 Å². The number of rotatable bonds is 38. The highest BCUT2D eigenvalue weighted by atomic mass is 28.4. The quantitative estimate of drug-likeness (QED) is 0.0279. The van der Waals surface area contributed by atoms with Crippen molar-refractivity contribution in [3.63, 3.8) is 0 Å². The molecule has 18 nitrogen and oxygen atoms in total. The number of benzene rings is 3. The third kappa shape index (κ3) is 19.3. The summed E-state index contributed by atoms with van der Waals surface area (Å²) >= 11 is 0. The van der Waals surface area contributed by atoms with Gasteiger partial charge in [0, 0.05) is 114 Å². The van der Waals surface area contributed by atoms with E-state index >= 15 is 0 Å². The van der Waals surface area contributed by atoms with Crippen LogP contribution in [0.1, 0.15) is 132 Å². The third-order valence-corrected chi connectivity index (χ3v) is 23.1. The number of carbonyl (C=O) groups is 3. The topological polar surface area (TPSA) is 189 Å². The minimum Gasteiger partial charge on any atom is -0.374 e. The molecule has 0 bridgehead atoms. The summed E-state index contributed by atoms with van der Waals surface area (Å²) in [6.07, 6.45) is 1.73. The van der Waals surface area contributed by atoms with E-state index in [1.165, 1.54) is 0 Å². The number of epoxide rings is 1. The summed E-state index contributed by atoms with van der Waals surface area (Å²) in [5.41, 5.74) is 4.75. The third-order valence-electron chi connectivity index (χ3n) is 13.6. The van der Waals surface area contributed by atoms with Gasteiger partial charge in [0.25, 0.3) is 0 Å². The molecule has 1 aliphatic heterocycles. The molecule has 78 heavy (non-hydrogen) atoms. The maximum Gasteiger partial charge on any atom is 0.500 e. The molecule has 1 unspecified atom stereocenters. The summed E-state index contributed by atoms with van der Waals surface area (Å²) < 4.78 is 59.7. The molecule has 1 heterocycles. The zero-order chi connectivity index (χ0) is 57.2. The molecule has 0 saturated carbocycles. The van der Waals surface area contributed by atoms with Gasteiger partial charge in [0.2, 0.25) is 0 Å². The second-order valence-electron chi connectivity index (χ2n) is 19.8. The fraction of sp³-hybridized carbons (Fsp3) is 0.632. The summed E-state index contributed by atoms with van der Waals surface area (Å²) in [4.78, 5) is 44.7. The van der Waals surface area contributed by atoms with Crippen LogP contribution >= 0.6 is 0 Å². The standard InChI is InChI=1S/C57H95N5O13Si3/c1-14-67-76(68-15-2,69-16-3)41-23-38-58-53(63)61(44-52-45-66-52)50-34-30-48(31-35-50)56(10,11)46-26-28-47(29-27-46)57(12,13)49-32-36-51(37-33-49)62(54(64)59-39-24-42-77(70-17-4,71-18-5)72-19-6)55(65)60-40-25-43-78(73-20-7,74-21-8)75-22-9/h26-37,52H,14-25,38-45H2,1-13H3,(H,58,63)(H,59,64)(H,60,65). The Bertz CT molecular complexity index is 2130. The molecular formula is C57H95N5O13Si3. The predicted molar refractivity (Wildman–Crippen MR) is 314 cm³/mol. The van der Waals surface area contributed by atoms with Gasteiger partial charge in [0.05, 0.1) is 24.9 Å². The van der Waals surface area contributed by atoms with Crippen molar-refractivity contribution in [2.75, 3.05) is 102 Å². The Morgan fingerprint density at radius 1 is 0.449 bits per heavy atom. The fourth-order valence-electron chi connectivity index (χ4n) is 9.49. The summed E-state index contributed by atoms with van der Waals surface area (Å²) in [5, 5.41) is 9.04. The number of carbonyl (C=O) groups excluding carboxylic acids is 3. The zero-order valence-electron chi connectivity index (χ0n) is 49.3. The molecule has 3 N–H and O–H groups in total. The Balaban J connectivity index is 1.49. The lowest BCUT2D eigenvalue weighted by atomic mass is 9.74. The van der Waals surface area contributed by atoms with Crippen molar-refractivity contribution >= 4 is 55.9 Å². The molecule has 0 aromatic heterocycles.